The molecule has 2 amide bonds. The van der Waals surface area contributed by atoms with Gasteiger partial charge in [-0.1, -0.05) is 6.92 Å². The molecule has 0 aliphatic carbocycles. The molecular formula is C12H22N2O3. The van der Waals surface area contributed by atoms with Gasteiger partial charge in [0.2, 0.25) is 0 Å². The number of piperidine rings is 1. The fourth-order valence-corrected chi connectivity index (χ4v) is 2.38. The Morgan fingerprint density at radius 1 is 1.35 bits per heavy atom. The molecule has 1 fully saturated rings. The Balaban J connectivity index is 2.64. The molecule has 0 radical (unpaired) electrons. The maximum atomic E-state index is 12.0. The van der Waals surface area contributed by atoms with E-state index in [4.69, 9.17) is 5.11 Å². The maximum Gasteiger partial charge on any atom is 0.326 e. The van der Waals surface area contributed by atoms with E-state index in [1.807, 2.05) is 13.8 Å². The number of carboxylic acids is 1. The number of carbonyl (C=O) groups excluding carboxylic acids is 1. The Morgan fingerprint density at radius 2 is 1.88 bits per heavy atom. The van der Waals surface area contributed by atoms with Crippen molar-refractivity contribution in [3.8, 4) is 0 Å². The first kappa shape index (κ1) is 13.8. The Hall–Kier alpha value is -1.26. The Morgan fingerprint density at radius 3 is 2.29 bits per heavy atom. The van der Waals surface area contributed by atoms with Crippen LogP contribution in [0.25, 0.3) is 0 Å². The van der Waals surface area contributed by atoms with Crippen molar-refractivity contribution in [2.75, 3.05) is 0 Å². The average Bonchev–Trinajstić information content (AvgIpc) is 2.25. The molecule has 0 aromatic heterocycles. The lowest BCUT2D eigenvalue weighted by atomic mass is 9.98. The third-order valence-corrected chi connectivity index (χ3v) is 3.43. The van der Waals surface area contributed by atoms with Gasteiger partial charge >= 0.3 is 12.0 Å². The monoisotopic (exact) mass is 242 g/mol. The van der Waals surface area contributed by atoms with Gasteiger partial charge in [0.25, 0.3) is 0 Å². The van der Waals surface area contributed by atoms with E-state index in [0.717, 1.165) is 19.3 Å². The van der Waals surface area contributed by atoms with E-state index < -0.39 is 12.0 Å². The molecule has 0 unspecified atom stereocenters. The third kappa shape index (κ3) is 3.35. The number of nitrogens with zero attached hydrogens (tertiary/aromatic N) is 1. The zero-order valence-corrected chi connectivity index (χ0v) is 10.8. The molecule has 0 saturated carbocycles. The second-order valence-corrected chi connectivity index (χ2v) is 4.78. The van der Waals surface area contributed by atoms with Gasteiger partial charge in [-0.25, -0.2) is 9.59 Å². The lowest BCUT2D eigenvalue weighted by molar-refractivity contribution is -0.139. The Labute approximate surface area is 102 Å². The molecule has 0 aromatic carbocycles. The molecule has 1 rings (SSSR count). The molecule has 1 saturated heterocycles. The van der Waals surface area contributed by atoms with Crippen LogP contribution >= 0.6 is 0 Å². The molecule has 1 heterocycles. The van der Waals surface area contributed by atoms with E-state index in [2.05, 4.69) is 5.32 Å². The summed E-state index contributed by atoms with van der Waals surface area (Å²) in [6.45, 7) is 5.77. The highest BCUT2D eigenvalue weighted by Gasteiger charge is 2.30. The zero-order chi connectivity index (χ0) is 13.0. The number of carbonyl (C=O) groups is 2. The van der Waals surface area contributed by atoms with E-state index in [1.165, 1.54) is 0 Å². The number of nitrogens with one attached hydrogen (secondary N) is 1. The quantitative estimate of drug-likeness (QED) is 0.793. The first-order valence-corrected chi connectivity index (χ1v) is 6.29. The van der Waals surface area contributed by atoms with Gasteiger partial charge in [0.1, 0.15) is 6.04 Å². The predicted molar refractivity (Wildman–Crippen MR) is 64.9 cm³/mol. The molecule has 2 N–H and O–H groups in total. The van der Waals surface area contributed by atoms with Gasteiger partial charge in [-0.2, -0.15) is 0 Å². The summed E-state index contributed by atoms with van der Waals surface area (Å²) in [4.78, 5) is 24.7. The number of hydrogen-bond donors (Lipinski definition) is 2. The van der Waals surface area contributed by atoms with Crippen LogP contribution in [0.4, 0.5) is 4.79 Å². The van der Waals surface area contributed by atoms with Gasteiger partial charge in [0, 0.05) is 12.1 Å². The van der Waals surface area contributed by atoms with Crippen LogP contribution in [0, 0.1) is 0 Å². The highest BCUT2D eigenvalue weighted by Crippen LogP contribution is 2.22. The Bertz CT molecular complexity index is 283. The van der Waals surface area contributed by atoms with E-state index in [0.29, 0.717) is 6.42 Å². The topological polar surface area (TPSA) is 69.6 Å². The standard InChI is InChI=1S/C12H22N2O3/c1-4-10(11(15)16)13-12(17)14-8(2)6-5-7-9(14)3/h8-10H,4-7H2,1-3H3,(H,13,17)(H,15,16)/t8-,9+,10-/m0/s1. The third-order valence-electron chi connectivity index (χ3n) is 3.43. The van der Waals surface area contributed by atoms with Gasteiger partial charge in [-0.3, -0.25) is 0 Å². The molecular weight excluding hydrogens is 220 g/mol. The molecule has 5 heteroatoms. The number of urea groups is 1. The highest BCUT2D eigenvalue weighted by molar-refractivity contribution is 5.82. The van der Waals surface area contributed by atoms with Gasteiger partial charge in [-0.15, -0.1) is 0 Å². The molecule has 17 heavy (non-hydrogen) atoms. The van der Waals surface area contributed by atoms with Crippen LogP contribution in [-0.4, -0.2) is 40.1 Å². The predicted octanol–water partition coefficient (Wildman–Crippen LogP) is 1.82. The van der Waals surface area contributed by atoms with Gasteiger partial charge in [-0.05, 0) is 39.5 Å². The fourth-order valence-electron chi connectivity index (χ4n) is 2.38. The summed E-state index contributed by atoms with van der Waals surface area (Å²) >= 11 is 0. The summed E-state index contributed by atoms with van der Waals surface area (Å²) in [5.74, 6) is -0.974. The minimum absolute atomic E-state index is 0.185. The fraction of sp³-hybridized carbons (Fsp3) is 0.833. The molecule has 0 spiro atoms. The summed E-state index contributed by atoms with van der Waals surface area (Å²) in [6, 6.07) is -0.669. The zero-order valence-electron chi connectivity index (χ0n) is 10.8. The average molecular weight is 242 g/mol. The van der Waals surface area contributed by atoms with Crippen LogP contribution in [0.1, 0.15) is 46.5 Å². The van der Waals surface area contributed by atoms with E-state index in [1.54, 1.807) is 11.8 Å². The summed E-state index contributed by atoms with van der Waals surface area (Å²) in [6.07, 6.45) is 3.50. The van der Waals surface area contributed by atoms with Crippen molar-refractivity contribution < 1.29 is 14.7 Å². The molecule has 0 bridgehead atoms. The van der Waals surface area contributed by atoms with Gasteiger partial charge in [0.05, 0.1) is 0 Å². The lowest BCUT2D eigenvalue weighted by Crippen LogP contribution is -2.55. The van der Waals surface area contributed by atoms with Crippen LogP contribution in [-0.2, 0) is 4.79 Å². The molecule has 98 valence electrons. The van der Waals surface area contributed by atoms with Crippen molar-refractivity contribution in [1.29, 1.82) is 0 Å². The van der Waals surface area contributed by atoms with Crippen molar-refractivity contribution in [2.24, 2.45) is 0 Å². The van der Waals surface area contributed by atoms with Crippen LogP contribution in [0.3, 0.4) is 0 Å². The normalized spacial score (nSPS) is 26.4. The SMILES string of the molecule is CC[C@H](NC(=O)N1[C@H](C)CCC[C@@H]1C)C(=O)O. The van der Waals surface area contributed by atoms with Gasteiger partial charge in [0.15, 0.2) is 0 Å². The molecule has 1 aliphatic heterocycles. The van der Waals surface area contributed by atoms with Crippen LogP contribution in [0.2, 0.25) is 0 Å². The Kier molecular flexibility index (Phi) is 4.78. The second kappa shape index (κ2) is 5.89. The van der Waals surface area contributed by atoms with Crippen LogP contribution in [0.15, 0.2) is 0 Å². The first-order valence-electron chi connectivity index (χ1n) is 6.29. The number of amides is 2. The summed E-state index contributed by atoms with van der Waals surface area (Å²) in [5.41, 5.74) is 0. The van der Waals surface area contributed by atoms with E-state index in [-0.39, 0.29) is 18.1 Å². The van der Waals surface area contributed by atoms with E-state index >= 15 is 0 Å². The molecule has 5 nitrogen and oxygen atoms in total. The van der Waals surface area contributed by atoms with Crippen molar-refractivity contribution in [2.45, 2.75) is 64.6 Å². The van der Waals surface area contributed by atoms with Crippen molar-refractivity contribution in [1.82, 2.24) is 10.2 Å². The number of rotatable bonds is 3. The highest BCUT2D eigenvalue weighted by atomic mass is 16.4. The molecule has 1 aliphatic rings. The van der Waals surface area contributed by atoms with Crippen molar-refractivity contribution in [3.63, 3.8) is 0 Å². The second-order valence-electron chi connectivity index (χ2n) is 4.78. The van der Waals surface area contributed by atoms with Gasteiger partial charge < -0.3 is 15.3 Å². The lowest BCUT2D eigenvalue weighted by Gasteiger charge is -2.39. The number of carboxylic acid groups (broad SMARTS) is 1. The summed E-state index contributed by atoms with van der Waals surface area (Å²) < 4.78 is 0. The number of aliphatic carboxylic acids is 1. The summed E-state index contributed by atoms with van der Waals surface area (Å²) in [7, 11) is 0. The van der Waals surface area contributed by atoms with Crippen LogP contribution < -0.4 is 5.32 Å². The molecule has 3 atom stereocenters. The first-order chi connectivity index (χ1) is 7.97. The minimum Gasteiger partial charge on any atom is -0.480 e. The number of likely N-dealkylation sites (tertiary alicyclic amines) is 1. The van der Waals surface area contributed by atoms with Crippen LogP contribution in [0.5, 0.6) is 0 Å². The molecule has 0 aromatic rings. The van der Waals surface area contributed by atoms with E-state index in [9.17, 15) is 9.59 Å². The summed E-state index contributed by atoms with van der Waals surface area (Å²) in [5, 5.41) is 11.5. The largest absolute Gasteiger partial charge is 0.480 e. The smallest absolute Gasteiger partial charge is 0.326 e. The number of hydrogen-bond acceptors (Lipinski definition) is 2. The maximum absolute atomic E-state index is 12.0. The van der Waals surface area contributed by atoms with Crippen molar-refractivity contribution in [3.05, 3.63) is 0 Å². The minimum atomic E-state index is -0.974. The van der Waals surface area contributed by atoms with Crippen molar-refractivity contribution >= 4 is 12.0 Å².